The van der Waals surface area contributed by atoms with Crippen LogP contribution in [0.3, 0.4) is 0 Å². The lowest BCUT2D eigenvalue weighted by molar-refractivity contribution is 0.0953. The molecule has 0 bridgehead atoms. The first-order chi connectivity index (χ1) is 13.0. The molecule has 140 valence electrons. The fourth-order valence-corrected chi connectivity index (χ4v) is 4.18. The summed E-state index contributed by atoms with van der Waals surface area (Å²) in [5.74, 6) is 0.257. The van der Waals surface area contributed by atoms with Gasteiger partial charge in [-0.15, -0.1) is 0 Å². The average Bonchev–Trinajstić information content (AvgIpc) is 3.20. The zero-order valence-corrected chi connectivity index (χ0v) is 16.0. The Kier molecular flexibility index (Phi) is 5.98. The van der Waals surface area contributed by atoms with E-state index >= 15 is 0 Å². The lowest BCUT2D eigenvalue weighted by Gasteiger charge is -2.08. The molecule has 1 aromatic heterocycles. The van der Waals surface area contributed by atoms with Crippen molar-refractivity contribution in [1.29, 1.82) is 0 Å². The van der Waals surface area contributed by atoms with E-state index in [1.807, 2.05) is 0 Å². The Labute approximate surface area is 162 Å². The van der Waals surface area contributed by atoms with Gasteiger partial charge in [0.2, 0.25) is 0 Å². The number of nitrogens with one attached hydrogen (secondary N) is 1. The first-order valence-corrected chi connectivity index (χ1v) is 10.4. The van der Waals surface area contributed by atoms with Crippen LogP contribution in [-0.2, 0) is 9.84 Å². The SMILES string of the molecule is O=C(NCCCS(=O)(=O)c1ccccc1)c1cc(Cl)cc(-c2ccco2)c1. The molecule has 0 aliphatic rings. The zero-order valence-electron chi connectivity index (χ0n) is 14.4. The van der Waals surface area contributed by atoms with Crippen LogP contribution in [0.25, 0.3) is 11.3 Å². The molecule has 0 radical (unpaired) electrons. The van der Waals surface area contributed by atoms with E-state index in [0.717, 1.165) is 0 Å². The van der Waals surface area contributed by atoms with Gasteiger partial charge in [-0.25, -0.2) is 8.42 Å². The highest BCUT2D eigenvalue weighted by Gasteiger charge is 2.14. The maximum Gasteiger partial charge on any atom is 0.251 e. The van der Waals surface area contributed by atoms with E-state index in [1.54, 1.807) is 66.9 Å². The summed E-state index contributed by atoms with van der Waals surface area (Å²) in [6.45, 7) is 0.244. The standard InChI is InChI=1S/C20H18ClNO4S/c21-17-13-15(19-8-4-10-26-19)12-16(14-17)20(23)22-9-5-11-27(24,25)18-6-2-1-3-7-18/h1-4,6-8,10,12-14H,5,9,11H2,(H,22,23). The summed E-state index contributed by atoms with van der Waals surface area (Å²) in [5, 5.41) is 3.15. The van der Waals surface area contributed by atoms with Gasteiger partial charge >= 0.3 is 0 Å². The Balaban J connectivity index is 1.59. The van der Waals surface area contributed by atoms with Gasteiger partial charge in [0.15, 0.2) is 9.84 Å². The van der Waals surface area contributed by atoms with Crippen molar-refractivity contribution in [2.45, 2.75) is 11.3 Å². The highest BCUT2D eigenvalue weighted by atomic mass is 35.5. The van der Waals surface area contributed by atoms with Crippen molar-refractivity contribution < 1.29 is 17.6 Å². The lowest BCUT2D eigenvalue weighted by atomic mass is 10.1. The van der Waals surface area contributed by atoms with Crippen molar-refractivity contribution in [1.82, 2.24) is 5.32 Å². The highest BCUT2D eigenvalue weighted by Crippen LogP contribution is 2.25. The molecule has 0 aliphatic heterocycles. The van der Waals surface area contributed by atoms with Crippen LogP contribution in [0.1, 0.15) is 16.8 Å². The number of hydrogen-bond acceptors (Lipinski definition) is 4. The molecule has 0 fully saturated rings. The van der Waals surface area contributed by atoms with Gasteiger partial charge in [0.25, 0.3) is 5.91 Å². The van der Waals surface area contributed by atoms with E-state index in [1.165, 1.54) is 0 Å². The number of amides is 1. The van der Waals surface area contributed by atoms with Crippen molar-refractivity contribution in [3.05, 3.63) is 77.5 Å². The maximum absolute atomic E-state index is 12.4. The molecule has 0 unspecified atom stereocenters. The van der Waals surface area contributed by atoms with Crippen molar-refractivity contribution in [3.63, 3.8) is 0 Å². The molecule has 0 saturated heterocycles. The van der Waals surface area contributed by atoms with Crippen molar-refractivity contribution in [2.75, 3.05) is 12.3 Å². The molecule has 3 aromatic rings. The van der Waals surface area contributed by atoms with Gasteiger partial charge in [0.1, 0.15) is 5.76 Å². The minimum atomic E-state index is -3.35. The van der Waals surface area contributed by atoms with E-state index in [0.29, 0.717) is 28.3 Å². The molecule has 5 nitrogen and oxygen atoms in total. The lowest BCUT2D eigenvalue weighted by Crippen LogP contribution is -2.26. The molecule has 0 aliphatic carbocycles. The van der Waals surface area contributed by atoms with Gasteiger partial charge in [-0.2, -0.15) is 0 Å². The second-order valence-electron chi connectivity index (χ2n) is 5.95. The third kappa shape index (κ3) is 4.99. The van der Waals surface area contributed by atoms with Crippen LogP contribution in [0, 0.1) is 0 Å². The van der Waals surface area contributed by atoms with Crippen LogP contribution in [0.15, 0.2) is 76.2 Å². The maximum atomic E-state index is 12.4. The molecule has 0 spiro atoms. The van der Waals surface area contributed by atoms with Crippen LogP contribution in [0.2, 0.25) is 5.02 Å². The summed E-state index contributed by atoms with van der Waals surface area (Å²) < 4.78 is 29.8. The largest absolute Gasteiger partial charge is 0.464 e. The number of furan rings is 1. The van der Waals surface area contributed by atoms with E-state index in [9.17, 15) is 13.2 Å². The fraction of sp³-hybridized carbons (Fsp3) is 0.150. The first kappa shape index (κ1) is 19.2. The molecular weight excluding hydrogens is 386 g/mol. The quantitative estimate of drug-likeness (QED) is 0.600. The van der Waals surface area contributed by atoms with Crippen LogP contribution in [0.4, 0.5) is 0 Å². The molecule has 27 heavy (non-hydrogen) atoms. The van der Waals surface area contributed by atoms with Crippen molar-refractivity contribution in [3.8, 4) is 11.3 Å². The molecule has 7 heteroatoms. The zero-order chi connectivity index (χ0) is 19.3. The predicted octanol–water partition coefficient (Wildman–Crippen LogP) is 4.19. The van der Waals surface area contributed by atoms with Crippen molar-refractivity contribution in [2.24, 2.45) is 0 Å². The van der Waals surface area contributed by atoms with Gasteiger partial charge in [-0.05, 0) is 48.9 Å². The Morgan fingerprint density at radius 2 is 1.81 bits per heavy atom. The van der Waals surface area contributed by atoms with Gasteiger partial charge in [-0.1, -0.05) is 29.8 Å². The van der Waals surface area contributed by atoms with E-state index in [4.69, 9.17) is 16.0 Å². The van der Waals surface area contributed by atoms with Crippen LogP contribution < -0.4 is 5.32 Å². The third-order valence-corrected chi connectivity index (χ3v) is 5.98. The second kappa shape index (κ2) is 8.41. The Morgan fingerprint density at radius 3 is 2.52 bits per heavy atom. The van der Waals surface area contributed by atoms with Crippen LogP contribution in [-0.4, -0.2) is 26.6 Å². The predicted molar refractivity (Wildman–Crippen MR) is 105 cm³/mol. The number of carbonyl (C=O) groups is 1. The molecular formula is C20H18ClNO4S. The summed E-state index contributed by atoms with van der Waals surface area (Å²) in [6.07, 6.45) is 1.86. The van der Waals surface area contributed by atoms with E-state index in [-0.39, 0.29) is 23.1 Å². The molecule has 0 atom stereocenters. The summed E-state index contributed by atoms with van der Waals surface area (Å²) in [7, 11) is -3.35. The summed E-state index contributed by atoms with van der Waals surface area (Å²) in [6, 6.07) is 16.8. The van der Waals surface area contributed by atoms with Crippen LogP contribution in [0.5, 0.6) is 0 Å². The second-order valence-corrected chi connectivity index (χ2v) is 8.49. The summed E-state index contributed by atoms with van der Waals surface area (Å²) in [4.78, 5) is 12.6. The fourth-order valence-electron chi connectivity index (χ4n) is 2.62. The number of halogens is 1. The van der Waals surface area contributed by atoms with E-state index in [2.05, 4.69) is 5.32 Å². The normalized spacial score (nSPS) is 11.3. The molecule has 1 N–H and O–H groups in total. The molecule has 1 heterocycles. The number of benzene rings is 2. The van der Waals surface area contributed by atoms with Gasteiger partial charge in [0.05, 0.1) is 16.9 Å². The van der Waals surface area contributed by atoms with Gasteiger partial charge in [0, 0.05) is 22.7 Å². The third-order valence-electron chi connectivity index (χ3n) is 3.94. The number of hydrogen-bond donors (Lipinski definition) is 1. The number of sulfone groups is 1. The smallest absolute Gasteiger partial charge is 0.251 e. The number of rotatable bonds is 7. The minimum Gasteiger partial charge on any atom is -0.464 e. The highest BCUT2D eigenvalue weighted by molar-refractivity contribution is 7.91. The average molecular weight is 404 g/mol. The van der Waals surface area contributed by atoms with Crippen molar-refractivity contribution >= 4 is 27.3 Å². The topological polar surface area (TPSA) is 76.4 Å². The molecule has 0 saturated carbocycles. The van der Waals surface area contributed by atoms with Gasteiger partial charge in [-0.3, -0.25) is 4.79 Å². The Morgan fingerprint density at radius 1 is 1.04 bits per heavy atom. The van der Waals surface area contributed by atoms with Crippen LogP contribution >= 0.6 is 11.6 Å². The Hall–Kier alpha value is -2.57. The molecule has 2 aromatic carbocycles. The first-order valence-electron chi connectivity index (χ1n) is 8.36. The summed E-state index contributed by atoms with van der Waals surface area (Å²) >= 11 is 6.10. The minimum absolute atomic E-state index is 0.0372. The monoisotopic (exact) mass is 403 g/mol. The Bertz CT molecular complexity index is 1020. The molecule has 1 amide bonds. The summed E-state index contributed by atoms with van der Waals surface area (Å²) in [5.41, 5.74) is 1.09. The van der Waals surface area contributed by atoms with E-state index < -0.39 is 9.84 Å². The molecule has 3 rings (SSSR count). The number of carbonyl (C=O) groups excluding carboxylic acids is 1. The van der Waals surface area contributed by atoms with Gasteiger partial charge < -0.3 is 9.73 Å².